The van der Waals surface area contributed by atoms with Gasteiger partial charge >= 0.3 is 6.18 Å². The van der Waals surface area contributed by atoms with Gasteiger partial charge in [-0.3, -0.25) is 0 Å². The van der Waals surface area contributed by atoms with Crippen LogP contribution in [0.3, 0.4) is 0 Å². The Bertz CT molecular complexity index is 572. The van der Waals surface area contributed by atoms with Gasteiger partial charge in [-0.25, -0.2) is 0 Å². The first-order chi connectivity index (χ1) is 9.45. The van der Waals surface area contributed by atoms with Crippen LogP contribution in [0.1, 0.15) is 11.1 Å². The maximum Gasteiger partial charge on any atom is 0.416 e. The summed E-state index contributed by atoms with van der Waals surface area (Å²) in [6.07, 6.45) is 0.111. The van der Waals surface area contributed by atoms with Crippen LogP contribution in [0.25, 0.3) is 0 Å². The zero-order valence-corrected chi connectivity index (χ0v) is 10.7. The minimum absolute atomic E-state index is 0.269. The summed E-state index contributed by atoms with van der Waals surface area (Å²) in [6.45, 7) is 0. The van der Waals surface area contributed by atoms with Gasteiger partial charge in [-0.1, -0.05) is 23.7 Å². The van der Waals surface area contributed by atoms with Gasteiger partial charge in [-0.2, -0.15) is 23.4 Å². The van der Waals surface area contributed by atoms with Crippen LogP contribution in [-0.4, -0.2) is 17.6 Å². The van der Waals surface area contributed by atoms with Gasteiger partial charge in [0.2, 0.25) is 0 Å². The molecule has 1 aliphatic rings. The molecule has 1 heterocycles. The molecule has 4 nitrogen and oxygen atoms in total. The van der Waals surface area contributed by atoms with Crippen LogP contribution < -0.4 is 0 Å². The van der Waals surface area contributed by atoms with E-state index in [4.69, 9.17) is 11.6 Å². The Labute approximate surface area is 117 Å². The van der Waals surface area contributed by atoms with Crippen molar-refractivity contribution >= 4 is 23.7 Å². The molecule has 0 aliphatic carbocycles. The molecule has 0 fully saturated rings. The second-order valence-corrected chi connectivity index (χ2v) is 4.22. The van der Waals surface area contributed by atoms with Crippen molar-refractivity contribution in [3.05, 3.63) is 47.5 Å². The molecule has 0 saturated carbocycles. The highest BCUT2D eigenvalue weighted by atomic mass is 35.5. The van der Waals surface area contributed by atoms with E-state index >= 15 is 0 Å². The zero-order chi connectivity index (χ0) is 14.6. The van der Waals surface area contributed by atoms with Gasteiger partial charge in [-0.05, 0) is 29.8 Å². The average Bonchev–Trinajstić information content (AvgIpc) is 2.41. The molecular weight excluding hydrogens is 293 g/mol. The molecule has 1 aromatic carbocycles. The molecule has 104 valence electrons. The van der Waals surface area contributed by atoms with Gasteiger partial charge in [0.1, 0.15) is 0 Å². The van der Waals surface area contributed by atoms with Gasteiger partial charge in [0.05, 0.1) is 11.8 Å². The van der Waals surface area contributed by atoms with E-state index in [-0.39, 0.29) is 5.84 Å². The van der Waals surface area contributed by atoms with Crippen LogP contribution >= 0.6 is 11.6 Å². The fraction of sp³-hybridized carbons (Fsp3) is 0.167. The van der Waals surface area contributed by atoms with Gasteiger partial charge in [0, 0.05) is 0 Å². The molecule has 2 rings (SSSR count). The molecule has 0 amide bonds. The molecule has 1 unspecified atom stereocenters. The molecule has 0 spiro atoms. The number of benzene rings is 1. The highest BCUT2D eigenvalue weighted by Gasteiger charge is 2.29. The number of alkyl halides is 4. The smallest absolute Gasteiger partial charge is 0.166 e. The van der Waals surface area contributed by atoms with E-state index in [2.05, 4.69) is 20.4 Å². The molecule has 8 heteroatoms. The molecule has 0 N–H and O–H groups in total. The Balaban J connectivity index is 2.04. The SMILES string of the molecule is FC(F)(F)c1ccc(/C=N/N=C2\C=CC(Cl)N=N2)cc1. The number of halogens is 4. The van der Waals surface area contributed by atoms with E-state index in [1.165, 1.54) is 18.3 Å². The number of amidine groups is 1. The maximum absolute atomic E-state index is 12.3. The Morgan fingerprint density at radius 3 is 2.45 bits per heavy atom. The van der Waals surface area contributed by atoms with Crippen molar-refractivity contribution in [1.82, 2.24) is 0 Å². The Morgan fingerprint density at radius 1 is 1.20 bits per heavy atom. The first-order valence-electron chi connectivity index (χ1n) is 5.46. The minimum Gasteiger partial charge on any atom is -0.166 e. The number of nitrogens with zero attached hydrogens (tertiary/aromatic N) is 4. The van der Waals surface area contributed by atoms with E-state index in [1.54, 1.807) is 12.2 Å². The number of hydrogen-bond donors (Lipinski definition) is 0. The summed E-state index contributed by atoms with van der Waals surface area (Å²) in [5.74, 6) is 0.269. The summed E-state index contributed by atoms with van der Waals surface area (Å²) in [6, 6.07) is 4.57. The third kappa shape index (κ3) is 3.99. The minimum atomic E-state index is -4.35. The molecule has 0 aromatic heterocycles. The topological polar surface area (TPSA) is 49.4 Å². The van der Waals surface area contributed by atoms with Crippen molar-refractivity contribution in [2.24, 2.45) is 20.4 Å². The summed E-state index contributed by atoms with van der Waals surface area (Å²) in [5.41, 5.74) is -0.722. The second-order valence-electron chi connectivity index (χ2n) is 3.77. The predicted octanol–water partition coefficient (Wildman–Crippen LogP) is 4.02. The Morgan fingerprint density at radius 2 is 1.90 bits per heavy atom. The van der Waals surface area contributed by atoms with E-state index < -0.39 is 17.2 Å². The highest BCUT2D eigenvalue weighted by molar-refractivity contribution is 6.22. The van der Waals surface area contributed by atoms with Crippen LogP contribution in [0.5, 0.6) is 0 Å². The fourth-order valence-corrected chi connectivity index (χ4v) is 1.43. The van der Waals surface area contributed by atoms with Crippen molar-refractivity contribution in [2.45, 2.75) is 11.7 Å². The summed E-state index contributed by atoms with van der Waals surface area (Å²) in [7, 11) is 0. The Kier molecular flexibility index (Phi) is 4.29. The lowest BCUT2D eigenvalue weighted by molar-refractivity contribution is -0.137. The number of azo groups is 1. The molecule has 1 aromatic rings. The predicted molar refractivity (Wildman–Crippen MR) is 70.1 cm³/mol. The van der Waals surface area contributed by atoms with Crippen molar-refractivity contribution in [2.75, 3.05) is 0 Å². The van der Waals surface area contributed by atoms with Crippen molar-refractivity contribution < 1.29 is 13.2 Å². The van der Waals surface area contributed by atoms with Crippen molar-refractivity contribution in [1.29, 1.82) is 0 Å². The third-order valence-corrected chi connectivity index (χ3v) is 2.51. The lowest BCUT2D eigenvalue weighted by Crippen LogP contribution is -2.04. The normalized spacial score (nSPS) is 21.0. The van der Waals surface area contributed by atoms with Gasteiger partial charge in [0.25, 0.3) is 0 Å². The zero-order valence-electron chi connectivity index (χ0n) is 9.92. The standard InChI is InChI=1S/C12H8ClF3N4/c13-10-5-6-11(20-18-10)19-17-7-8-1-3-9(4-2-8)12(14,15)16/h1-7,10H/b17-7+,19-11+. The molecule has 0 bridgehead atoms. The van der Waals surface area contributed by atoms with E-state index in [0.29, 0.717) is 5.56 Å². The first-order valence-corrected chi connectivity index (χ1v) is 5.90. The van der Waals surface area contributed by atoms with Gasteiger partial charge in [-0.15, -0.1) is 10.2 Å². The van der Waals surface area contributed by atoms with Gasteiger partial charge < -0.3 is 0 Å². The molecule has 1 aliphatic heterocycles. The van der Waals surface area contributed by atoms with Crippen LogP contribution in [0.15, 0.2) is 56.8 Å². The molecule has 20 heavy (non-hydrogen) atoms. The Hall–Kier alpha value is -2.02. The molecular formula is C12H8ClF3N4. The van der Waals surface area contributed by atoms with E-state index in [9.17, 15) is 13.2 Å². The van der Waals surface area contributed by atoms with Crippen molar-refractivity contribution in [3.63, 3.8) is 0 Å². The van der Waals surface area contributed by atoms with Crippen LogP contribution in [0, 0.1) is 0 Å². The molecule has 0 saturated heterocycles. The summed E-state index contributed by atoms with van der Waals surface area (Å²) >= 11 is 5.63. The summed E-state index contributed by atoms with van der Waals surface area (Å²) < 4.78 is 37.0. The highest BCUT2D eigenvalue weighted by Crippen LogP contribution is 2.28. The van der Waals surface area contributed by atoms with E-state index in [1.807, 2.05) is 0 Å². The molecule has 0 radical (unpaired) electrons. The van der Waals surface area contributed by atoms with E-state index in [0.717, 1.165) is 12.1 Å². The third-order valence-electron chi connectivity index (χ3n) is 2.28. The number of hydrogen-bond acceptors (Lipinski definition) is 3. The van der Waals surface area contributed by atoms with Crippen LogP contribution in [-0.2, 0) is 6.18 Å². The monoisotopic (exact) mass is 300 g/mol. The van der Waals surface area contributed by atoms with Crippen LogP contribution in [0.2, 0.25) is 0 Å². The summed E-state index contributed by atoms with van der Waals surface area (Å²) in [4.78, 5) is 0. The van der Waals surface area contributed by atoms with Crippen LogP contribution in [0.4, 0.5) is 13.2 Å². The number of rotatable bonds is 2. The van der Waals surface area contributed by atoms with Crippen molar-refractivity contribution in [3.8, 4) is 0 Å². The molecule has 1 atom stereocenters. The fourth-order valence-electron chi connectivity index (χ4n) is 1.32. The largest absolute Gasteiger partial charge is 0.416 e. The maximum atomic E-state index is 12.3. The average molecular weight is 301 g/mol. The first kappa shape index (κ1) is 14.4. The lowest BCUT2D eigenvalue weighted by Gasteiger charge is -2.05. The lowest BCUT2D eigenvalue weighted by atomic mass is 10.1. The van der Waals surface area contributed by atoms with Gasteiger partial charge in [0.15, 0.2) is 11.3 Å². The quantitative estimate of drug-likeness (QED) is 0.343. The second kappa shape index (κ2) is 5.96. The summed E-state index contributed by atoms with van der Waals surface area (Å²) in [5, 5.41) is 14.8.